The molecule has 0 aromatic heterocycles. The molecule has 2 nitrogen and oxygen atoms in total. The predicted octanol–water partition coefficient (Wildman–Crippen LogP) is 2.58. The van der Waals surface area contributed by atoms with Crippen LogP contribution < -0.4 is 5.32 Å². The van der Waals surface area contributed by atoms with Crippen molar-refractivity contribution in [3.05, 3.63) is 29.3 Å². The first-order valence-electron chi connectivity index (χ1n) is 3.66. The number of anilines is 1. The molecule has 1 amide bonds. The molecule has 7 heteroatoms. The Balaban J connectivity index is 3.21. The quantitative estimate of drug-likeness (QED) is 0.505. The van der Waals surface area contributed by atoms with E-state index in [2.05, 4.69) is 15.9 Å². The third-order valence-corrected chi connectivity index (χ3v) is 2.01. The number of benzene rings is 1. The number of halogens is 5. The van der Waals surface area contributed by atoms with Crippen molar-refractivity contribution in [2.45, 2.75) is 0 Å². The van der Waals surface area contributed by atoms with Gasteiger partial charge in [0.1, 0.15) is 5.69 Å². The van der Waals surface area contributed by atoms with Crippen molar-refractivity contribution in [3.8, 4) is 0 Å². The van der Waals surface area contributed by atoms with E-state index in [0.29, 0.717) is 0 Å². The molecule has 0 aliphatic rings. The molecule has 0 saturated heterocycles. The van der Waals surface area contributed by atoms with Crippen molar-refractivity contribution >= 4 is 27.5 Å². The summed E-state index contributed by atoms with van der Waals surface area (Å²) in [7, 11) is 0. The van der Waals surface area contributed by atoms with Gasteiger partial charge in [0.15, 0.2) is 23.3 Å². The molecule has 0 aliphatic heterocycles. The minimum Gasteiger partial charge on any atom is -0.320 e. The van der Waals surface area contributed by atoms with Crippen LogP contribution in [0, 0.1) is 23.3 Å². The Morgan fingerprint density at radius 1 is 1.20 bits per heavy atom. The highest BCUT2D eigenvalue weighted by Crippen LogP contribution is 2.23. The summed E-state index contributed by atoms with van der Waals surface area (Å²) in [5, 5.41) is 1.45. The van der Waals surface area contributed by atoms with E-state index in [1.54, 1.807) is 5.32 Å². The number of carbonyl (C=O) groups excluding carboxylic acids is 1. The fourth-order valence-corrected chi connectivity index (χ4v) is 0.996. The molecule has 0 fully saturated rings. The molecule has 15 heavy (non-hydrogen) atoms. The molecule has 0 spiro atoms. The highest BCUT2D eigenvalue weighted by Gasteiger charge is 2.20. The highest BCUT2D eigenvalue weighted by atomic mass is 79.9. The van der Waals surface area contributed by atoms with Gasteiger partial charge in [-0.25, -0.2) is 17.6 Å². The van der Waals surface area contributed by atoms with E-state index in [-0.39, 0.29) is 11.4 Å². The molecule has 0 aliphatic carbocycles. The van der Waals surface area contributed by atoms with E-state index >= 15 is 0 Å². The summed E-state index contributed by atoms with van der Waals surface area (Å²) < 4.78 is 51.1. The Labute approximate surface area is 90.4 Å². The average molecular weight is 286 g/mol. The Morgan fingerprint density at radius 3 is 2.07 bits per heavy atom. The van der Waals surface area contributed by atoms with Gasteiger partial charge in [-0.05, 0) is 0 Å². The molecule has 1 N–H and O–H groups in total. The van der Waals surface area contributed by atoms with Gasteiger partial charge in [-0.15, -0.1) is 0 Å². The summed E-state index contributed by atoms with van der Waals surface area (Å²) in [5.41, 5.74) is -1.13. The van der Waals surface area contributed by atoms with Crippen LogP contribution in [0.3, 0.4) is 0 Å². The molecule has 0 radical (unpaired) electrons. The Kier molecular flexibility index (Phi) is 3.67. The largest absolute Gasteiger partial charge is 0.320 e. The fraction of sp³-hybridized carbons (Fsp3) is 0.125. The lowest BCUT2D eigenvalue weighted by Gasteiger charge is -2.07. The molecular weight excluding hydrogens is 282 g/mol. The van der Waals surface area contributed by atoms with E-state index in [0.717, 1.165) is 0 Å². The van der Waals surface area contributed by atoms with Gasteiger partial charge in [0, 0.05) is 6.07 Å². The van der Waals surface area contributed by atoms with Crippen LogP contribution in [0.5, 0.6) is 0 Å². The minimum atomic E-state index is -1.64. The van der Waals surface area contributed by atoms with Gasteiger partial charge in [0.25, 0.3) is 0 Å². The number of amides is 1. The molecule has 0 heterocycles. The summed E-state index contributed by atoms with van der Waals surface area (Å²) in [6.07, 6.45) is 0. The van der Waals surface area contributed by atoms with Crippen molar-refractivity contribution in [2.75, 3.05) is 10.6 Å². The number of hydrogen-bond acceptors (Lipinski definition) is 1. The monoisotopic (exact) mass is 285 g/mol. The summed E-state index contributed by atoms with van der Waals surface area (Å²) in [4.78, 5) is 10.8. The lowest BCUT2D eigenvalue weighted by molar-refractivity contribution is -0.113. The molecule has 0 saturated carbocycles. The summed E-state index contributed by atoms with van der Waals surface area (Å²) in [6.45, 7) is 0. The Bertz CT molecular complexity index is 384. The standard InChI is InChI=1S/C8H4BrF4NO/c9-2-5(15)14-8-6(12)3(10)1-4(11)7(8)13/h1H,2H2,(H,14,15). The van der Waals surface area contributed by atoms with Gasteiger partial charge in [-0.1, -0.05) is 15.9 Å². The van der Waals surface area contributed by atoms with Gasteiger partial charge < -0.3 is 5.32 Å². The van der Waals surface area contributed by atoms with Crippen molar-refractivity contribution in [2.24, 2.45) is 0 Å². The minimum absolute atomic E-state index is 0.0639. The highest BCUT2D eigenvalue weighted by molar-refractivity contribution is 9.09. The average Bonchev–Trinajstić information content (AvgIpc) is 2.21. The smallest absolute Gasteiger partial charge is 0.235 e. The normalized spacial score (nSPS) is 10.2. The second-order valence-electron chi connectivity index (χ2n) is 2.52. The zero-order valence-electron chi connectivity index (χ0n) is 7.08. The van der Waals surface area contributed by atoms with Crippen molar-refractivity contribution in [1.29, 1.82) is 0 Å². The van der Waals surface area contributed by atoms with Crippen molar-refractivity contribution in [3.63, 3.8) is 0 Å². The molecule has 0 bridgehead atoms. The summed E-state index contributed by atoms with van der Waals surface area (Å²) in [6, 6.07) is 0.0639. The topological polar surface area (TPSA) is 29.1 Å². The zero-order valence-corrected chi connectivity index (χ0v) is 8.67. The SMILES string of the molecule is O=C(CBr)Nc1c(F)c(F)cc(F)c1F. The Hall–Kier alpha value is -1.11. The number of hydrogen-bond donors (Lipinski definition) is 1. The molecule has 1 aromatic rings. The van der Waals surface area contributed by atoms with Crippen LogP contribution in [0.4, 0.5) is 23.2 Å². The van der Waals surface area contributed by atoms with Crippen molar-refractivity contribution in [1.82, 2.24) is 0 Å². The van der Waals surface area contributed by atoms with Gasteiger partial charge >= 0.3 is 0 Å². The maximum atomic E-state index is 12.9. The van der Waals surface area contributed by atoms with Crippen LogP contribution in [0.15, 0.2) is 6.07 Å². The Morgan fingerprint density at radius 2 is 1.67 bits per heavy atom. The van der Waals surface area contributed by atoms with Crippen LogP contribution in [0.2, 0.25) is 0 Å². The lowest BCUT2D eigenvalue weighted by atomic mass is 10.2. The molecule has 82 valence electrons. The second-order valence-corrected chi connectivity index (χ2v) is 3.09. The van der Waals surface area contributed by atoms with Crippen molar-refractivity contribution < 1.29 is 22.4 Å². The van der Waals surface area contributed by atoms with Gasteiger partial charge in [-0.2, -0.15) is 0 Å². The first kappa shape index (κ1) is 12.0. The van der Waals surface area contributed by atoms with Crippen LogP contribution in [0.25, 0.3) is 0 Å². The summed E-state index contributed by atoms with van der Waals surface area (Å²) in [5.74, 6) is -7.23. The third-order valence-electron chi connectivity index (χ3n) is 1.50. The number of rotatable bonds is 2. The van der Waals surface area contributed by atoms with E-state index in [9.17, 15) is 22.4 Å². The molecule has 1 aromatic carbocycles. The van der Waals surface area contributed by atoms with Gasteiger partial charge in [-0.3, -0.25) is 4.79 Å². The first-order valence-corrected chi connectivity index (χ1v) is 4.78. The van der Waals surface area contributed by atoms with E-state index in [1.165, 1.54) is 0 Å². The van der Waals surface area contributed by atoms with Crippen LogP contribution >= 0.6 is 15.9 Å². The lowest BCUT2D eigenvalue weighted by Crippen LogP contribution is -2.16. The summed E-state index contributed by atoms with van der Waals surface area (Å²) >= 11 is 2.71. The third kappa shape index (κ3) is 2.47. The van der Waals surface area contributed by atoms with E-state index in [4.69, 9.17) is 0 Å². The maximum absolute atomic E-state index is 12.9. The zero-order chi connectivity index (χ0) is 11.6. The number of carbonyl (C=O) groups is 1. The van der Waals surface area contributed by atoms with E-state index in [1.807, 2.05) is 0 Å². The first-order chi connectivity index (χ1) is 6.97. The molecule has 0 atom stereocenters. The van der Waals surface area contributed by atoms with Gasteiger partial charge in [0.05, 0.1) is 5.33 Å². The molecule has 0 unspecified atom stereocenters. The molecular formula is C8H4BrF4NO. The van der Waals surface area contributed by atoms with Crippen LogP contribution in [-0.4, -0.2) is 11.2 Å². The number of alkyl halides is 1. The number of nitrogens with one attached hydrogen (secondary N) is 1. The van der Waals surface area contributed by atoms with Gasteiger partial charge in [0.2, 0.25) is 5.91 Å². The fourth-order valence-electron chi connectivity index (χ4n) is 0.856. The van der Waals surface area contributed by atoms with E-state index < -0.39 is 34.9 Å². The predicted molar refractivity (Wildman–Crippen MR) is 48.7 cm³/mol. The molecule has 1 rings (SSSR count). The maximum Gasteiger partial charge on any atom is 0.235 e. The second kappa shape index (κ2) is 4.61. The van der Waals surface area contributed by atoms with Crippen LogP contribution in [-0.2, 0) is 4.79 Å². The van der Waals surface area contributed by atoms with Crippen LogP contribution in [0.1, 0.15) is 0 Å².